The molecule has 1 amide bonds. The molecule has 0 bridgehead atoms. The third-order valence-corrected chi connectivity index (χ3v) is 7.68. The molecule has 0 N–H and O–H groups in total. The van der Waals surface area contributed by atoms with Gasteiger partial charge in [0, 0.05) is 29.9 Å². The molecular formula is C30H33F2N3O5S. The Morgan fingerprint density at radius 1 is 1.02 bits per heavy atom. The summed E-state index contributed by atoms with van der Waals surface area (Å²) in [4.78, 5) is 32.0. The van der Waals surface area contributed by atoms with E-state index >= 15 is 8.78 Å². The Morgan fingerprint density at radius 3 is 2.39 bits per heavy atom. The first-order valence-electron chi connectivity index (χ1n) is 13.4. The second kappa shape index (κ2) is 10.3. The van der Waals surface area contributed by atoms with Crippen molar-refractivity contribution in [3.05, 3.63) is 53.2 Å². The second-order valence-electron chi connectivity index (χ2n) is 12.1. The van der Waals surface area contributed by atoms with E-state index < -0.39 is 40.9 Å². The molecule has 1 aliphatic rings. The molecule has 1 atom stereocenters. The lowest BCUT2D eigenvalue weighted by molar-refractivity contribution is 0.00658. The average Bonchev–Trinajstić information content (AvgIpc) is 3.57. The van der Waals surface area contributed by atoms with Crippen molar-refractivity contribution in [1.29, 1.82) is 0 Å². The molecule has 8 nitrogen and oxygen atoms in total. The topological polar surface area (TPSA) is 82.4 Å². The van der Waals surface area contributed by atoms with Gasteiger partial charge in [0.05, 0.1) is 29.1 Å². The van der Waals surface area contributed by atoms with E-state index in [0.717, 1.165) is 4.70 Å². The summed E-state index contributed by atoms with van der Waals surface area (Å²) < 4.78 is 50.0. The Labute approximate surface area is 240 Å². The smallest absolute Gasteiger partial charge is 0.410 e. The van der Waals surface area contributed by atoms with E-state index in [1.54, 1.807) is 64.3 Å². The summed E-state index contributed by atoms with van der Waals surface area (Å²) in [5.74, 6) is -2.21. The lowest BCUT2D eigenvalue weighted by Crippen LogP contribution is -2.36. The number of amides is 1. The van der Waals surface area contributed by atoms with Gasteiger partial charge in [-0.15, -0.1) is 0 Å². The van der Waals surface area contributed by atoms with Crippen LogP contribution in [0.15, 0.2) is 30.5 Å². The number of rotatable bonds is 4. The lowest BCUT2D eigenvalue weighted by Gasteiger charge is -2.29. The number of likely N-dealkylation sites (tertiary alicyclic amines) is 1. The van der Waals surface area contributed by atoms with E-state index in [0.29, 0.717) is 35.6 Å². The van der Waals surface area contributed by atoms with Crippen molar-refractivity contribution < 1.29 is 32.6 Å². The Hall–Kier alpha value is -3.73. The van der Waals surface area contributed by atoms with Gasteiger partial charge in [-0.1, -0.05) is 17.4 Å². The SMILES string of the molecule is COc1cc2c(cc1C(=O)OC(C)(C)C)sc1nc(-c3ccc(C4CCCN4C(=O)OC(C)(C)C)c(F)c3F)cn12. The van der Waals surface area contributed by atoms with Gasteiger partial charge in [-0.25, -0.2) is 23.4 Å². The van der Waals surface area contributed by atoms with Crippen molar-refractivity contribution in [2.45, 2.75) is 71.6 Å². The lowest BCUT2D eigenvalue weighted by atomic mass is 10.0. The highest BCUT2D eigenvalue weighted by molar-refractivity contribution is 7.23. The molecule has 5 rings (SSSR count). The van der Waals surface area contributed by atoms with E-state index in [-0.39, 0.29) is 22.4 Å². The maximum atomic E-state index is 15.5. The van der Waals surface area contributed by atoms with Gasteiger partial charge in [-0.3, -0.25) is 4.40 Å². The molecule has 4 aromatic rings. The third kappa shape index (κ3) is 5.59. The van der Waals surface area contributed by atoms with Gasteiger partial charge in [0.15, 0.2) is 16.6 Å². The van der Waals surface area contributed by atoms with Crippen molar-refractivity contribution in [3.63, 3.8) is 0 Å². The van der Waals surface area contributed by atoms with Gasteiger partial charge in [-0.2, -0.15) is 0 Å². The molecule has 1 aliphatic heterocycles. The first kappa shape index (κ1) is 28.8. The molecule has 1 fully saturated rings. The number of methoxy groups -OCH3 is 1. The molecule has 2 aromatic carbocycles. The fourth-order valence-electron chi connectivity index (χ4n) is 4.97. The minimum Gasteiger partial charge on any atom is -0.496 e. The van der Waals surface area contributed by atoms with Gasteiger partial charge in [-0.05, 0) is 66.5 Å². The highest BCUT2D eigenvalue weighted by Crippen LogP contribution is 2.39. The number of hydrogen-bond donors (Lipinski definition) is 0. The molecule has 218 valence electrons. The third-order valence-electron chi connectivity index (χ3n) is 6.66. The normalized spacial score (nSPS) is 16.0. The van der Waals surface area contributed by atoms with Crippen LogP contribution in [0, 0.1) is 11.6 Å². The standard InChI is InChI=1S/C30H33F2N3O5S/c1-29(2,3)39-26(36)18-13-23-21(14-22(18)38-7)35-15-19(33-27(35)41-23)16-10-11-17(25(32)24(16)31)20-9-8-12-34(20)28(37)40-30(4,5)6/h10-11,13-15,20H,8-9,12H2,1-7H3. The number of hydrogen-bond acceptors (Lipinski definition) is 7. The van der Waals surface area contributed by atoms with E-state index in [9.17, 15) is 9.59 Å². The number of thiazole rings is 1. The summed E-state index contributed by atoms with van der Waals surface area (Å²) in [5, 5.41) is 0. The number of carbonyl (C=O) groups excluding carboxylic acids is 2. The first-order chi connectivity index (χ1) is 19.2. The van der Waals surface area contributed by atoms with Gasteiger partial charge in [0.25, 0.3) is 0 Å². The molecule has 41 heavy (non-hydrogen) atoms. The number of nitrogens with zero attached hydrogens (tertiary/aromatic N) is 3. The molecule has 0 radical (unpaired) electrons. The molecule has 1 saturated heterocycles. The Bertz CT molecular complexity index is 1660. The van der Waals surface area contributed by atoms with Crippen LogP contribution in [0.2, 0.25) is 0 Å². The Morgan fingerprint density at radius 2 is 1.73 bits per heavy atom. The first-order valence-corrected chi connectivity index (χ1v) is 14.2. The van der Waals surface area contributed by atoms with Crippen LogP contribution in [0.4, 0.5) is 13.6 Å². The van der Waals surface area contributed by atoms with Crippen LogP contribution in [-0.4, -0.2) is 51.2 Å². The van der Waals surface area contributed by atoms with Gasteiger partial charge in [0.1, 0.15) is 22.5 Å². The van der Waals surface area contributed by atoms with Gasteiger partial charge < -0.3 is 19.1 Å². The minimum absolute atomic E-state index is 0.00875. The number of esters is 1. The van der Waals surface area contributed by atoms with Gasteiger partial charge >= 0.3 is 12.1 Å². The van der Waals surface area contributed by atoms with Gasteiger partial charge in [0.2, 0.25) is 0 Å². The van der Waals surface area contributed by atoms with Crippen LogP contribution < -0.4 is 4.74 Å². The highest BCUT2D eigenvalue weighted by Gasteiger charge is 2.36. The molecule has 2 aromatic heterocycles. The number of halogens is 2. The summed E-state index contributed by atoms with van der Waals surface area (Å²) >= 11 is 1.30. The van der Waals surface area contributed by atoms with Crippen LogP contribution in [-0.2, 0) is 9.47 Å². The van der Waals surface area contributed by atoms with Crippen molar-refractivity contribution in [2.24, 2.45) is 0 Å². The monoisotopic (exact) mass is 585 g/mol. The summed E-state index contributed by atoms with van der Waals surface area (Å²) in [6.07, 6.45) is 2.25. The maximum absolute atomic E-state index is 15.5. The van der Waals surface area contributed by atoms with E-state index in [2.05, 4.69) is 4.98 Å². The summed E-state index contributed by atoms with van der Waals surface area (Å²) in [5.41, 5.74) is -0.00437. The number of carbonyl (C=O) groups is 2. The molecule has 11 heteroatoms. The number of imidazole rings is 1. The van der Waals surface area contributed by atoms with Crippen LogP contribution >= 0.6 is 11.3 Å². The molecular weight excluding hydrogens is 552 g/mol. The summed E-state index contributed by atoms with van der Waals surface area (Å²) in [7, 11) is 1.46. The van der Waals surface area contributed by atoms with E-state index in [1.807, 2.05) is 0 Å². The molecule has 3 heterocycles. The van der Waals surface area contributed by atoms with Crippen LogP contribution in [0.1, 0.15) is 76.3 Å². The Kier molecular flexibility index (Phi) is 7.21. The van der Waals surface area contributed by atoms with Crippen molar-refractivity contribution >= 4 is 38.6 Å². The molecule has 0 saturated carbocycles. The minimum atomic E-state index is -1.03. The predicted molar refractivity (Wildman–Crippen MR) is 153 cm³/mol. The molecule has 1 unspecified atom stereocenters. The number of aromatic nitrogens is 2. The quantitative estimate of drug-likeness (QED) is 0.230. The average molecular weight is 586 g/mol. The highest BCUT2D eigenvalue weighted by atomic mass is 32.1. The fourth-order valence-corrected chi connectivity index (χ4v) is 5.99. The van der Waals surface area contributed by atoms with Crippen LogP contribution in [0.3, 0.4) is 0 Å². The van der Waals surface area contributed by atoms with Crippen LogP contribution in [0.25, 0.3) is 26.4 Å². The predicted octanol–water partition coefficient (Wildman–Crippen LogP) is 7.53. The van der Waals surface area contributed by atoms with Crippen LogP contribution in [0.5, 0.6) is 5.75 Å². The fraction of sp³-hybridized carbons (Fsp3) is 0.433. The summed E-state index contributed by atoms with van der Waals surface area (Å²) in [6, 6.07) is 5.79. The maximum Gasteiger partial charge on any atom is 0.410 e. The number of benzene rings is 2. The van der Waals surface area contributed by atoms with Crippen molar-refractivity contribution in [3.8, 4) is 17.0 Å². The largest absolute Gasteiger partial charge is 0.496 e. The van der Waals surface area contributed by atoms with Crippen molar-refractivity contribution in [1.82, 2.24) is 14.3 Å². The second-order valence-corrected chi connectivity index (χ2v) is 13.1. The Balaban J connectivity index is 1.49. The molecule has 0 aliphatic carbocycles. The van der Waals surface area contributed by atoms with E-state index in [1.165, 1.54) is 35.5 Å². The zero-order valence-corrected chi connectivity index (χ0v) is 24.9. The number of ether oxygens (including phenoxy) is 3. The molecule has 0 spiro atoms. The summed E-state index contributed by atoms with van der Waals surface area (Å²) in [6.45, 7) is 11.1. The van der Waals surface area contributed by atoms with Crippen molar-refractivity contribution in [2.75, 3.05) is 13.7 Å². The zero-order chi connectivity index (χ0) is 29.9. The zero-order valence-electron chi connectivity index (χ0n) is 24.1. The number of fused-ring (bicyclic) bond motifs is 3. The van der Waals surface area contributed by atoms with E-state index in [4.69, 9.17) is 14.2 Å².